The Labute approximate surface area is 146 Å². The zero-order valence-electron chi connectivity index (χ0n) is 13.2. The first-order valence-corrected chi connectivity index (χ1v) is 9.01. The van der Waals surface area contributed by atoms with Crippen molar-refractivity contribution in [1.82, 2.24) is 4.98 Å². The fraction of sp³-hybridized carbons (Fsp3) is 0.0455. The van der Waals surface area contributed by atoms with E-state index >= 15 is 0 Å². The van der Waals surface area contributed by atoms with Crippen molar-refractivity contribution in [1.29, 1.82) is 0 Å². The van der Waals surface area contributed by atoms with Crippen molar-refractivity contribution in [3.05, 3.63) is 96.6 Å². The molecular formula is C22H17NS. The number of pyridine rings is 1. The third kappa shape index (κ3) is 3.19. The highest BCUT2D eigenvalue weighted by Gasteiger charge is 2.07. The smallest absolute Gasteiger partial charge is 0.0720 e. The highest BCUT2D eigenvalue weighted by molar-refractivity contribution is 7.98. The minimum atomic E-state index is 0.964. The van der Waals surface area contributed by atoms with E-state index in [0.717, 1.165) is 17.0 Å². The molecule has 0 amide bonds. The number of hydrogen-bond donors (Lipinski definition) is 0. The van der Waals surface area contributed by atoms with Gasteiger partial charge < -0.3 is 0 Å². The van der Waals surface area contributed by atoms with Crippen molar-refractivity contribution >= 4 is 22.7 Å². The molecule has 4 rings (SSSR count). The normalized spacial score (nSPS) is 10.8. The van der Waals surface area contributed by atoms with Gasteiger partial charge in [0, 0.05) is 21.6 Å². The standard InChI is InChI=1S/C22H17NS/c1-2-8-17(9-3-1)16-24-22-13-7-5-11-19(22)21-15-14-18-10-4-6-12-20(18)23-21/h1-15H,16H2. The van der Waals surface area contributed by atoms with Gasteiger partial charge in [-0.05, 0) is 23.8 Å². The van der Waals surface area contributed by atoms with E-state index < -0.39 is 0 Å². The molecule has 0 spiro atoms. The Morgan fingerprint density at radius 3 is 2.33 bits per heavy atom. The summed E-state index contributed by atoms with van der Waals surface area (Å²) in [7, 11) is 0. The van der Waals surface area contributed by atoms with E-state index in [1.807, 2.05) is 23.9 Å². The van der Waals surface area contributed by atoms with Crippen LogP contribution in [0.5, 0.6) is 0 Å². The molecule has 0 bridgehead atoms. The van der Waals surface area contributed by atoms with Crippen molar-refractivity contribution < 1.29 is 0 Å². The lowest BCUT2D eigenvalue weighted by Crippen LogP contribution is -1.88. The van der Waals surface area contributed by atoms with E-state index in [-0.39, 0.29) is 0 Å². The first-order valence-electron chi connectivity index (χ1n) is 8.02. The number of fused-ring (bicyclic) bond motifs is 1. The maximum Gasteiger partial charge on any atom is 0.0720 e. The molecule has 0 saturated heterocycles. The van der Waals surface area contributed by atoms with Crippen LogP contribution in [0.15, 0.2) is 95.9 Å². The van der Waals surface area contributed by atoms with Crippen molar-refractivity contribution in [2.75, 3.05) is 0 Å². The molecule has 0 aliphatic rings. The first-order chi connectivity index (χ1) is 11.9. The fourth-order valence-corrected chi connectivity index (χ4v) is 3.77. The van der Waals surface area contributed by atoms with Crippen LogP contribution in [0.2, 0.25) is 0 Å². The molecule has 24 heavy (non-hydrogen) atoms. The van der Waals surface area contributed by atoms with Gasteiger partial charge in [0.05, 0.1) is 11.2 Å². The second kappa shape index (κ2) is 6.90. The zero-order chi connectivity index (χ0) is 16.2. The molecular weight excluding hydrogens is 310 g/mol. The Hall–Kier alpha value is -2.58. The molecule has 0 saturated carbocycles. The van der Waals surface area contributed by atoms with Crippen molar-refractivity contribution in [3.63, 3.8) is 0 Å². The van der Waals surface area contributed by atoms with Crippen LogP contribution in [0.1, 0.15) is 5.56 Å². The number of rotatable bonds is 4. The van der Waals surface area contributed by atoms with Crippen LogP contribution in [-0.4, -0.2) is 4.98 Å². The van der Waals surface area contributed by atoms with E-state index in [2.05, 4.69) is 78.9 Å². The van der Waals surface area contributed by atoms with E-state index in [4.69, 9.17) is 4.98 Å². The quantitative estimate of drug-likeness (QED) is 0.414. The molecule has 0 radical (unpaired) electrons. The molecule has 4 aromatic rings. The molecule has 3 aromatic carbocycles. The van der Waals surface area contributed by atoms with Gasteiger partial charge in [0.2, 0.25) is 0 Å². The highest BCUT2D eigenvalue weighted by Crippen LogP contribution is 2.33. The van der Waals surface area contributed by atoms with Crippen LogP contribution in [0, 0.1) is 0 Å². The van der Waals surface area contributed by atoms with Gasteiger partial charge in [-0.25, -0.2) is 4.98 Å². The predicted molar refractivity (Wildman–Crippen MR) is 103 cm³/mol. The SMILES string of the molecule is c1ccc(CSc2ccccc2-c2ccc3ccccc3n2)cc1. The Morgan fingerprint density at radius 2 is 1.42 bits per heavy atom. The van der Waals surface area contributed by atoms with Gasteiger partial charge >= 0.3 is 0 Å². The van der Waals surface area contributed by atoms with E-state index in [1.165, 1.54) is 21.4 Å². The van der Waals surface area contributed by atoms with Gasteiger partial charge in [-0.3, -0.25) is 0 Å². The number of nitrogens with zero attached hydrogens (tertiary/aromatic N) is 1. The van der Waals surface area contributed by atoms with Crippen molar-refractivity contribution in [2.24, 2.45) is 0 Å². The summed E-state index contributed by atoms with van der Waals surface area (Å²) in [6, 6.07) is 31.6. The maximum atomic E-state index is 4.85. The summed E-state index contributed by atoms with van der Waals surface area (Å²) in [5.74, 6) is 0.964. The average molecular weight is 327 g/mol. The Bertz CT molecular complexity index is 963. The summed E-state index contributed by atoms with van der Waals surface area (Å²) in [4.78, 5) is 6.12. The van der Waals surface area contributed by atoms with Crippen LogP contribution in [-0.2, 0) is 5.75 Å². The Morgan fingerprint density at radius 1 is 0.667 bits per heavy atom. The first kappa shape index (κ1) is 15.0. The summed E-state index contributed by atoms with van der Waals surface area (Å²) >= 11 is 1.86. The van der Waals surface area contributed by atoms with Crippen molar-refractivity contribution in [3.8, 4) is 11.3 Å². The number of thioether (sulfide) groups is 1. The fourth-order valence-electron chi connectivity index (χ4n) is 2.76. The molecule has 1 aromatic heterocycles. The molecule has 0 fully saturated rings. The van der Waals surface area contributed by atoms with Gasteiger partial charge in [0.1, 0.15) is 0 Å². The number of benzene rings is 3. The molecule has 0 atom stereocenters. The minimum absolute atomic E-state index is 0.964. The summed E-state index contributed by atoms with van der Waals surface area (Å²) in [5, 5.41) is 1.18. The van der Waals surface area contributed by atoms with Gasteiger partial charge in [0.15, 0.2) is 0 Å². The molecule has 2 heteroatoms. The summed E-state index contributed by atoms with van der Waals surface area (Å²) in [6.07, 6.45) is 0. The summed E-state index contributed by atoms with van der Waals surface area (Å²) in [6.45, 7) is 0. The zero-order valence-corrected chi connectivity index (χ0v) is 14.0. The average Bonchev–Trinajstić information content (AvgIpc) is 2.67. The molecule has 0 unspecified atom stereocenters. The van der Waals surface area contributed by atoms with Gasteiger partial charge in [-0.15, -0.1) is 11.8 Å². The second-order valence-corrected chi connectivity index (χ2v) is 6.68. The van der Waals surface area contributed by atoms with Gasteiger partial charge in [-0.1, -0.05) is 72.8 Å². The van der Waals surface area contributed by atoms with E-state index in [0.29, 0.717) is 0 Å². The largest absolute Gasteiger partial charge is 0.248 e. The van der Waals surface area contributed by atoms with Crippen LogP contribution in [0.4, 0.5) is 0 Å². The van der Waals surface area contributed by atoms with E-state index in [1.54, 1.807) is 0 Å². The molecule has 1 heterocycles. The topological polar surface area (TPSA) is 12.9 Å². The Kier molecular flexibility index (Phi) is 4.30. The van der Waals surface area contributed by atoms with Gasteiger partial charge in [-0.2, -0.15) is 0 Å². The lowest BCUT2D eigenvalue weighted by Gasteiger charge is -2.10. The van der Waals surface area contributed by atoms with Crippen LogP contribution in [0.25, 0.3) is 22.2 Å². The monoisotopic (exact) mass is 327 g/mol. The molecule has 0 aliphatic carbocycles. The third-order valence-corrected chi connectivity index (χ3v) is 5.14. The number of aromatic nitrogens is 1. The molecule has 0 aliphatic heterocycles. The van der Waals surface area contributed by atoms with Gasteiger partial charge in [0.25, 0.3) is 0 Å². The van der Waals surface area contributed by atoms with Crippen LogP contribution >= 0.6 is 11.8 Å². The molecule has 0 N–H and O–H groups in total. The maximum absolute atomic E-state index is 4.85. The third-order valence-electron chi connectivity index (χ3n) is 4.00. The number of hydrogen-bond acceptors (Lipinski definition) is 2. The lowest BCUT2D eigenvalue weighted by molar-refractivity contribution is 1.33. The van der Waals surface area contributed by atoms with Crippen LogP contribution in [0.3, 0.4) is 0 Å². The number of para-hydroxylation sites is 1. The lowest BCUT2D eigenvalue weighted by atomic mass is 10.1. The second-order valence-electron chi connectivity index (χ2n) is 5.66. The minimum Gasteiger partial charge on any atom is -0.248 e. The molecule has 1 nitrogen and oxygen atoms in total. The molecule has 116 valence electrons. The highest BCUT2D eigenvalue weighted by atomic mass is 32.2. The Balaban J connectivity index is 1.67. The summed E-state index contributed by atoms with van der Waals surface area (Å²) < 4.78 is 0. The van der Waals surface area contributed by atoms with Crippen molar-refractivity contribution in [2.45, 2.75) is 10.6 Å². The van der Waals surface area contributed by atoms with Crippen LogP contribution < -0.4 is 0 Å². The summed E-state index contributed by atoms with van der Waals surface area (Å²) in [5.41, 5.74) is 4.61. The van der Waals surface area contributed by atoms with E-state index in [9.17, 15) is 0 Å². The predicted octanol–water partition coefficient (Wildman–Crippen LogP) is 6.19.